The molecule has 2 saturated heterocycles. The zero-order chi connectivity index (χ0) is 14.9. The van der Waals surface area contributed by atoms with Gasteiger partial charge in [-0.15, -0.1) is 0 Å². The van der Waals surface area contributed by atoms with Crippen LogP contribution >= 0.6 is 0 Å². The van der Waals surface area contributed by atoms with Crippen LogP contribution in [-0.2, 0) is 4.74 Å². The molecule has 21 heavy (non-hydrogen) atoms. The van der Waals surface area contributed by atoms with E-state index in [0.29, 0.717) is 18.1 Å². The van der Waals surface area contributed by atoms with E-state index in [-0.39, 0.29) is 5.60 Å². The van der Waals surface area contributed by atoms with Crippen LogP contribution < -0.4 is 5.32 Å². The van der Waals surface area contributed by atoms with Crippen molar-refractivity contribution in [2.24, 2.45) is 0 Å². The molecule has 3 nitrogen and oxygen atoms in total. The molecule has 0 aliphatic carbocycles. The SMILES string of the molecule is CC1CNC(c2ccccc2)CN1C1CCOC(C)(C)C1. The highest BCUT2D eigenvalue weighted by Crippen LogP contribution is 2.31. The minimum atomic E-state index is 0.0236. The summed E-state index contributed by atoms with van der Waals surface area (Å²) in [6, 6.07) is 12.5. The molecule has 3 rings (SSSR count). The average Bonchev–Trinajstić information content (AvgIpc) is 2.47. The monoisotopic (exact) mass is 288 g/mol. The summed E-state index contributed by atoms with van der Waals surface area (Å²) in [6.45, 7) is 9.85. The van der Waals surface area contributed by atoms with E-state index in [1.54, 1.807) is 0 Å². The Balaban J connectivity index is 1.72. The van der Waals surface area contributed by atoms with Gasteiger partial charge in [-0.05, 0) is 39.2 Å². The predicted molar refractivity (Wildman–Crippen MR) is 86.4 cm³/mol. The Morgan fingerprint density at radius 1 is 1.24 bits per heavy atom. The summed E-state index contributed by atoms with van der Waals surface area (Å²) in [5.74, 6) is 0. The van der Waals surface area contributed by atoms with E-state index < -0.39 is 0 Å². The number of hydrogen-bond donors (Lipinski definition) is 1. The van der Waals surface area contributed by atoms with Crippen molar-refractivity contribution in [1.29, 1.82) is 0 Å². The van der Waals surface area contributed by atoms with Crippen molar-refractivity contribution in [3.8, 4) is 0 Å². The number of ether oxygens (including phenoxy) is 1. The lowest BCUT2D eigenvalue weighted by atomic mass is 9.90. The molecule has 3 atom stereocenters. The van der Waals surface area contributed by atoms with Gasteiger partial charge in [0.1, 0.15) is 0 Å². The number of nitrogens with zero attached hydrogens (tertiary/aromatic N) is 1. The maximum absolute atomic E-state index is 5.89. The van der Waals surface area contributed by atoms with Gasteiger partial charge in [-0.1, -0.05) is 30.3 Å². The Hall–Kier alpha value is -0.900. The van der Waals surface area contributed by atoms with Crippen LogP contribution in [0.2, 0.25) is 0 Å². The van der Waals surface area contributed by atoms with Gasteiger partial charge in [-0.3, -0.25) is 4.90 Å². The molecule has 2 heterocycles. The van der Waals surface area contributed by atoms with Crippen LogP contribution in [0.15, 0.2) is 30.3 Å². The second-order valence-electron chi connectivity index (χ2n) is 7.17. The van der Waals surface area contributed by atoms with Crippen molar-refractivity contribution < 1.29 is 4.74 Å². The summed E-state index contributed by atoms with van der Waals surface area (Å²) in [5, 5.41) is 3.70. The van der Waals surface area contributed by atoms with Crippen LogP contribution in [0, 0.1) is 0 Å². The molecule has 0 aromatic heterocycles. The molecule has 3 heteroatoms. The molecule has 0 spiro atoms. The van der Waals surface area contributed by atoms with Gasteiger partial charge in [-0.25, -0.2) is 0 Å². The highest BCUT2D eigenvalue weighted by molar-refractivity contribution is 5.20. The van der Waals surface area contributed by atoms with E-state index in [0.717, 1.165) is 32.5 Å². The molecule has 2 aliphatic heterocycles. The molecule has 0 bridgehead atoms. The zero-order valence-corrected chi connectivity index (χ0v) is 13.5. The first-order valence-electron chi connectivity index (χ1n) is 8.23. The predicted octanol–water partition coefficient (Wildman–Crippen LogP) is 2.98. The Kier molecular flexibility index (Phi) is 4.34. The molecule has 116 valence electrons. The van der Waals surface area contributed by atoms with Gasteiger partial charge >= 0.3 is 0 Å². The summed E-state index contributed by atoms with van der Waals surface area (Å²) in [4.78, 5) is 2.71. The fourth-order valence-corrected chi connectivity index (χ4v) is 3.79. The van der Waals surface area contributed by atoms with Crippen LogP contribution in [0.5, 0.6) is 0 Å². The molecule has 1 aromatic carbocycles. The number of piperazine rings is 1. The Morgan fingerprint density at radius 3 is 2.71 bits per heavy atom. The molecule has 1 N–H and O–H groups in total. The minimum Gasteiger partial charge on any atom is -0.375 e. The topological polar surface area (TPSA) is 24.5 Å². The molecule has 0 amide bonds. The zero-order valence-electron chi connectivity index (χ0n) is 13.5. The van der Waals surface area contributed by atoms with E-state index in [2.05, 4.69) is 61.3 Å². The smallest absolute Gasteiger partial charge is 0.0641 e. The van der Waals surface area contributed by atoms with E-state index in [4.69, 9.17) is 4.74 Å². The first kappa shape index (κ1) is 15.0. The molecule has 3 unspecified atom stereocenters. The quantitative estimate of drug-likeness (QED) is 0.905. The number of nitrogens with one attached hydrogen (secondary N) is 1. The van der Waals surface area contributed by atoms with Crippen molar-refractivity contribution in [2.75, 3.05) is 19.7 Å². The Morgan fingerprint density at radius 2 is 2.00 bits per heavy atom. The van der Waals surface area contributed by atoms with E-state index in [1.165, 1.54) is 5.56 Å². The van der Waals surface area contributed by atoms with Gasteiger partial charge < -0.3 is 10.1 Å². The largest absolute Gasteiger partial charge is 0.375 e. The summed E-state index contributed by atoms with van der Waals surface area (Å²) in [6.07, 6.45) is 2.30. The van der Waals surface area contributed by atoms with Gasteiger partial charge in [0.15, 0.2) is 0 Å². The summed E-state index contributed by atoms with van der Waals surface area (Å²) in [7, 11) is 0. The third-order valence-electron chi connectivity index (χ3n) is 4.96. The average molecular weight is 288 g/mol. The molecule has 2 aliphatic rings. The van der Waals surface area contributed by atoms with Crippen LogP contribution in [-0.4, -0.2) is 42.3 Å². The van der Waals surface area contributed by atoms with Crippen LogP contribution in [0.25, 0.3) is 0 Å². The molecular weight excluding hydrogens is 260 g/mol. The Bertz CT molecular complexity index is 460. The van der Waals surface area contributed by atoms with Gasteiger partial charge in [0.2, 0.25) is 0 Å². The Labute approximate surface area is 128 Å². The lowest BCUT2D eigenvalue weighted by Crippen LogP contribution is -2.57. The lowest BCUT2D eigenvalue weighted by molar-refractivity contribution is -0.0927. The summed E-state index contributed by atoms with van der Waals surface area (Å²) >= 11 is 0. The fourth-order valence-electron chi connectivity index (χ4n) is 3.79. The second-order valence-corrected chi connectivity index (χ2v) is 7.17. The van der Waals surface area contributed by atoms with Gasteiger partial charge in [0.05, 0.1) is 5.60 Å². The van der Waals surface area contributed by atoms with Crippen molar-refractivity contribution in [3.05, 3.63) is 35.9 Å². The molecular formula is C18H28N2O. The van der Waals surface area contributed by atoms with E-state index in [1.807, 2.05) is 0 Å². The van der Waals surface area contributed by atoms with Crippen LogP contribution in [0.3, 0.4) is 0 Å². The van der Waals surface area contributed by atoms with E-state index in [9.17, 15) is 0 Å². The van der Waals surface area contributed by atoms with E-state index >= 15 is 0 Å². The second kappa shape index (κ2) is 6.07. The van der Waals surface area contributed by atoms with Crippen molar-refractivity contribution in [2.45, 2.75) is 57.3 Å². The number of benzene rings is 1. The highest BCUT2D eigenvalue weighted by Gasteiger charge is 2.36. The molecule has 2 fully saturated rings. The third kappa shape index (κ3) is 3.47. The van der Waals surface area contributed by atoms with Crippen molar-refractivity contribution in [3.63, 3.8) is 0 Å². The first-order valence-corrected chi connectivity index (χ1v) is 8.23. The van der Waals surface area contributed by atoms with Crippen molar-refractivity contribution in [1.82, 2.24) is 10.2 Å². The molecule has 0 radical (unpaired) electrons. The maximum Gasteiger partial charge on any atom is 0.0641 e. The van der Waals surface area contributed by atoms with Gasteiger partial charge in [0.25, 0.3) is 0 Å². The minimum absolute atomic E-state index is 0.0236. The molecule has 0 saturated carbocycles. The third-order valence-corrected chi connectivity index (χ3v) is 4.96. The number of rotatable bonds is 2. The van der Waals surface area contributed by atoms with Crippen LogP contribution in [0.4, 0.5) is 0 Å². The fraction of sp³-hybridized carbons (Fsp3) is 0.667. The summed E-state index contributed by atoms with van der Waals surface area (Å²) < 4.78 is 5.89. The normalized spacial score (nSPS) is 33.8. The standard InChI is InChI=1S/C18H28N2O/c1-14-12-19-17(15-7-5-4-6-8-15)13-20(14)16-9-10-21-18(2,3)11-16/h4-8,14,16-17,19H,9-13H2,1-3H3. The lowest BCUT2D eigenvalue weighted by Gasteiger charge is -2.47. The maximum atomic E-state index is 5.89. The van der Waals surface area contributed by atoms with Crippen LogP contribution in [0.1, 0.15) is 45.2 Å². The highest BCUT2D eigenvalue weighted by atomic mass is 16.5. The van der Waals surface area contributed by atoms with Crippen molar-refractivity contribution >= 4 is 0 Å². The summed E-state index contributed by atoms with van der Waals surface area (Å²) in [5.41, 5.74) is 1.43. The van der Waals surface area contributed by atoms with Gasteiger partial charge in [0, 0.05) is 37.8 Å². The number of hydrogen-bond acceptors (Lipinski definition) is 3. The molecule has 1 aromatic rings. The first-order chi connectivity index (χ1) is 10.1. The van der Waals surface area contributed by atoms with Gasteiger partial charge in [-0.2, -0.15) is 0 Å².